The quantitative estimate of drug-likeness (QED) is 0.486. The molecule has 0 radical (unpaired) electrons. The fourth-order valence-corrected chi connectivity index (χ4v) is 0.675. The first-order valence-electron chi connectivity index (χ1n) is 2.80. The van der Waals surface area contributed by atoms with Gasteiger partial charge in [-0.25, -0.2) is 0 Å². The van der Waals surface area contributed by atoms with Gasteiger partial charge in [0.05, 0.1) is 6.54 Å². The molecular formula is C5H9N3O. The van der Waals surface area contributed by atoms with Crippen molar-refractivity contribution >= 4 is 11.7 Å². The number of likely N-dealkylation sites (N-methyl/N-ethyl adjacent to an activating group) is 1. The Hall–Kier alpha value is -0.900. The first-order valence-corrected chi connectivity index (χ1v) is 2.80. The minimum Gasteiger partial charge on any atom is -0.313 e. The summed E-state index contributed by atoms with van der Waals surface area (Å²) in [5, 5.41) is 5.49. The van der Waals surface area contributed by atoms with Crippen molar-refractivity contribution in [3.8, 4) is 0 Å². The number of nitrogens with zero attached hydrogens (tertiary/aromatic N) is 1. The average Bonchev–Trinajstić information content (AvgIpc) is 2.17. The number of carbonyl (C=O) groups excluding carboxylic acids is 1. The molecule has 0 saturated carbocycles. The van der Waals surface area contributed by atoms with Crippen molar-refractivity contribution in [2.75, 3.05) is 20.1 Å². The molecule has 0 saturated heterocycles. The predicted molar refractivity (Wildman–Crippen MR) is 34.4 cm³/mol. The summed E-state index contributed by atoms with van der Waals surface area (Å²) < 4.78 is 0. The summed E-state index contributed by atoms with van der Waals surface area (Å²) in [7, 11) is 1.81. The molecule has 1 rings (SSSR count). The van der Waals surface area contributed by atoms with Crippen molar-refractivity contribution < 1.29 is 4.79 Å². The Balaban J connectivity index is 2.36. The van der Waals surface area contributed by atoms with Gasteiger partial charge < -0.3 is 10.6 Å². The van der Waals surface area contributed by atoms with E-state index < -0.39 is 0 Å². The second-order valence-electron chi connectivity index (χ2n) is 1.84. The summed E-state index contributed by atoms with van der Waals surface area (Å²) >= 11 is 0. The van der Waals surface area contributed by atoms with Crippen LogP contribution in [0.25, 0.3) is 0 Å². The predicted octanol–water partition coefficient (Wildman–Crippen LogP) is -1.27. The van der Waals surface area contributed by atoms with E-state index in [1.165, 1.54) is 0 Å². The maximum Gasteiger partial charge on any atom is 0.247 e. The number of hydrogen-bond donors (Lipinski definition) is 2. The zero-order valence-corrected chi connectivity index (χ0v) is 5.27. The van der Waals surface area contributed by atoms with Crippen LogP contribution in [0.4, 0.5) is 0 Å². The molecule has 0 aromatic carbocycles. The van der Waals surface area contributed by atoms with Crippen molar-refractivity contribution in [1.82, 2.24) is 10.6 Å². The number of carbonyl (C=O) groups is 1. The fourth-order valence-electron chi connectivity index (χ4n) is 0.675. The van der Waals surface area contributed by atoms with E-state index >= 15 is 0 Å². The van der Waals surface area contributed by atoms with Gasteiger partial charge in [-0.1, -0.05) is 0 Å². The normalized spacial score (nSPS) is 17.4. The summed E-state index contributed by atoms with van der Waals surface area (Å²) in [6.45, 7) is 0.933. The smallest absolute Gasteiger partial charge is 0.247 e. The second kappa shape index (κ2) is 2.59. The Morgan fingerprint density at radius 2 is 2.67 bits per heavy atom. The highest BCUT2D eigenvalue weighted by Gasteiger charge is 2.10. The summed E-state index contributed by atoms with van der Waals surface area (Å²) in [4.78, 5) is 14.4. The van der Waals surface area contributed by atoms with Crippen LogP contribution in [-0.4, -0.2) is 31.9 Å². The van der Waals surface area contributed by atoms with Gasteiger partial charge >= 0.3 is 0 Å². The Morgan fingerprint density at radius 3 is 3.11 bits per heavy atom. The van der Waals surface area contributed by atoms with Gasteiger partial charge in [-0.3, -0.25) is 9.79 Å². The minimum atomic E-state index is -0.0137. The van der Waals surface area contributed by atoms with Crippen LogP contribution in [0.15, 0.2) is 4.99 Å². The van der Waals surface area contributed by atoms with E-state index in [2.05, 4.69) is 15.6 Å². The largest absolute Gasteiger partial charge is 0.313 e. The first kappa shape index (κ1) is 6.22. The van der Waals surface area contributed by atoms with Crippen molar-refractivity contribution in [2.24, 2.45) is 4.99 Å². The molecule has 0 bridgehead atoms. The highest BCUT2D eigenvalue weighted by atomic mass is 16.2. The SMILES string of the molecule is CNCC1=NCC(=O)N1. The summed E-state index contributed by atoms with van der Waals surface area (Å²) in [5.74, 6) is 0.725. The number of nitrogens with one attached hydrogen (secondary N) is 2. The molecule has 1 amide bonds. The highest BCUT2D eigenvalue weighted by molar-refractivity contribution is 6.04. The lowest BCUT2D eigenvalue weighted by Crippen LogP contribution is -2.31. The molecule has 2 N–H and O–H groups in total. The topological polar surface area (TPSA) is 53.5 Å². The molecule has 0 aromatic heterocycles. The molecule has 1 heterocycles. The maximum absolute atomic E-state index is 10.5. The van der Waals surface area contributed by atoms with E-state index in [-0.39, 0.29) is 12.5 Å². The maximum atomic E-state index is 10.5. The molecule has 0 aromatic rings. The van der Waals surface area contributed by atoms with Crippen LogP contribution in [0, 0.1) is 0 Å². The van der Waals surface area contributed by atoms with Crippen molar-refractivity contribution in [3.63, 3.8) is 0 Å². The number of rotatable bonds is 2. The monoisotopic (exact) mass is 127 g/mol. The third kappa shape index (κ3) is 1.50. The fraction of sp³-hybridized carbons (Fsp3) is 0.600. The Morgan fingerprint density at radius 1 is 1.89 bits per heavy atom. The van der Waals surface area contributed by atoms with Gasteiger partial charge in [0, 0.05) is 0 Å². The van der Waals surface area contributed by atoms with Crippen molar-refractivity contribution in [3.05, 3.63) is 0 Å². The molecule has 0 unspecified atom stereocenters. The highest BCUT2D eigenvalue weighted by Crippen LogP contribution is 1.83. The van der Waals surface area contributed by atoms with E-state index in [9.17, 15) is 4.79 Å². The standard InChI is InChI=1S/C5H9N3O/c1-6-2-4-7-3-5(9)8-4/h6H,2-3H2,1H3,(H,7,8,9). The minimum absolute atomic E-state index is 0.0137. The zero-order chi connectivity index (χ0) is 6.69. The van der Waals surface area contributed by atoms with Gasteiger partial charge in [0.25, 0.3) is 0 Å². The first-order chi connectivity index (χ1) is 4.33. The van der Waals surface area contributed by atoms with Crippen LogP contribution in [0.5, 0.6) is 0 Å². The lowest BCUT2D eigenvalue weighted by atomic mass is 10.6. The average molecular weight is 127 g/mol. The van der Waals surface area contributed by atoms with Crippen LogP contribution in [-0.2, 0) is 4.79 Å². The molecular weight excluding hydrogens is 118 g/mol. The number of amides is 1. The molecule has 0 spiro atoms. The molecule has 1 aliphatic heterocycles. The van der Waals surface area contributed by atoms with Gasteiger partial charge in [0.2, 0.25) is 5.91 Å². The van der Waals surface area contributed by atoms with Gasteiger partial charge in [-0.05, 0) is 7.05 Å². The summed E-state index contributed by atoms with van der Waals surface area (Å²) in [5.41, 5.74) is 0. The van der Waals surface area contributed by atoms with Crippen molar-refractivity contribution in [1.29, 1.82) is 0 Å². The number of aliphatic imine (C=N–C) groups is 1. The van der Waals surface area contributed by atoms with Crippen LogP contribution in [0.2, 0.25) is 0 Å². The molecule has 4 nitrogen and oxygen atoms in total. The van der Waals surface area contributed by atoms with E-state index in [1.54, 1.807) is 0 Å². The number of amidine groups is 1. The van der Waals surface area contributed by atoms with E-state index in [1.807, 2.05) is 7.05 Å². The lowest BCUT2D eigenvalue weighted by molar-refractivity contribution is -0.117. The number of hydrogen-bond acceptors (Lipinski definition) is 3. The van der Waals surface area contributed by atoms with Crippen molar-refractivity contribution in [2.45, 2.75) is 0 Å². The van der Waals surface area contributed by atoms with Gasteiger partial charge in [-0.15, -0.1) is 0 Å². The third-order valence-electron chi connectivity index (χ3n) is 1.04. The lowest BCUT2D eigenvalue weighted by Gasteiger charge is -1.96. The molecule has 0 atom stereocenters. The van der Waals surface area contributed by atoms with E-state index in [4.69, 9.17) is 0 Å². The van der Waals surface area contributed by atoms with E-state index in [0.29, 0.717) is 6.54 Å². The van der Waals surface area contributed by atoms with Gasteiger partial charge in [0.1, 0.15) is 12.4 Å². The van der Waals surface area contributed by atoms with Crippen LogP contribution in [0.3, 0.4) is 0 Å². The van der Waals surface area contributed by atoms with Crippen LogP contribution in [0.1, 0.15) is 0 Å². The zero-order valence-electron chi connectivity index (χ0n) is 5.27. The third-order valence-corrected chi connectivity index (χ3v) is 1.04. The van der Waals surface area contributed by atoms with E-state index in [0.717, 1.165) is 5.84 Å². The molecule has 1 aliphatic rings. The van der Waals surface area contributed by atoms with Gasteiger partial charge in [0.15, 0.2) is 0 Å². The van der Waals surface area contributed by atoms with Crippen LogP contribution < -0.4 is 10.6 Å². The molecule has 50 valence electrons. The van der Waals surface area contributed by atoms with Gasteiger partial charge in [-0.2, -0.15) is 0 Å². The van der Waals surface area contributed by atoms with Crippen LogP contribution >= 0.6 is 0 Å². The Bertz CT molecular complexity index is 152. The molecule has 9 heavy (non-hydrogen) atoms. The Labute approximate surface area is 53.3 Å². The molecule has 4 heteroatoms. The summed E-state index contributed by atoms with van der Waals surface area (Å²) in [6, 6.07) is 0. The Kier molecular flexibility index (Phi) is 1.79. The second-order valence-corrected chi connectivity index (χ2v) is 1.84. The summed E-state index contributed by atoms with van der Waals surface area (Å²) in [6.07, 6.45) is 0. The molecule has 0 fully saturated rings. The molecule has 0 aliphatic carbocycles.